The van der Waals surface area contributed by atoms with Crippen LogP contribution in [-0.2, 0) is 43.7 Å². The summed E-state index contributed by atoms with van der Waals surface area (Å²) in [5, 5.41) is 0. The van der Waals surface area contributed by atoms with Crippen LogP contribution in [0, 0.1) is 73.9 Å². The minimum Gasteiger partial charge on any atom is -0.459 e. The van der Waals surface area contributed by atoms with Gasteiger partial charge in [0, 0.05) is 5.41 Å². The van der Waals surface area contributed by atoms with Gasteiger partial charge in [-0.2, -0.15) is 0 Å². The molecule has 1 aromatic rings. The summed E-state index contributed by atoms with van der Waals surface area (Å²) < 4.78 is 24.4. The highest BCUT2D eigenvalue weighted by molar-refractivity contribution is 5.78. The van der Waals surface area contributed by atoms with Gasteiger partial charge >= 0.3 is 23.9 Å². The maximum atomic E-state index is 12.9. The van der Waals surface area contributed by atoms with Gasteiger partial charge in [0.2, 0.25) is 0 Å². The number of esters is 4. The molecule has 84 heavy (non-hydrogen) atoms. The van der Waals surface area contributed by atoms with Gasteiger partial charge in [0.05, 0.1) is 21.7 Å². The summed E-state index contributed by atoms with van der Waals surface area (Å²) in [6, 6.07) is 9.82. The Morgan fingerprint density at radius 2 is 0.738 bits per heavy atom. The molecule has 8 heteroatoms. The summed E-state index contributed by atoms with van der Waals surface area (Å²) in [6.07, 6.45) is 34.8. The summed E-state index contributed by atoms with van der Waals surface area (Å²) >= 11 is 0. The maximum Gasteiger partial charge on any atom is 0.312 e. The van der Waals surface area contributed by atoms with Crippen molar-refractivity contribution in [3.63, 3.8) is 0 Å². The van der Waals surface area contributed by atoms with Gasteiger partial charge in [-0.3, -0.25) is 19.2 Å². The van der Waals surface area contributed by atoms with Gasteiger partial charge in [0.1, 0.15) is 22.4 Å². The average Bonchev–Trinajstić information content (AvgIpc) is 0.925. The molecule has 9 saturated carbocycles. The van der Waals surface area contributed by atoms with Crippen LogP contribution in [-0.4, -0.2) is 40.7 Å². The van der Waals surface area contributed by atoms with Crippen molar-refractivity contribution in [2.45, 2.75) is 347 Å². The van der Waals surface area contributed by atoms with E-state index in [2.05, 4.69) is 62.3 Å². The fourth-order valence-corrected chi connectivity index (χ4v) is 17.3. The molecule has 0 N–H and O–H groups in total. The zero-order valence-corrected chi connectivity index (χ0v) is 58.2. The molecule has 0 amide bonds. The molecule has 9 aliphatic rings. The fourth-order valence-electron chi connectivity index (χ4n) is 17.3. The van der Waals surface area contributed by atoms with E-state index >= 15 is 0 Å². The fraction of sp³-hybridized carbons (Fsp3) is 0.868. The van der Waals surface area contributed by atoms with Crippen LogP contribution in [0.15, 0.2) is 30.3 Å². The van der Waals surface area contributed by atoms with Crippen LogP contribution in [0.4, 0.5) is 0 Å². The highest BCUT2D eigenvalue weighted by Crippen LogP contribution is 2.66. The zero-order chi connectivity index (χ0) is 62.8. The highest BCUT2D eigenvalue weighted by atomic mass is 16.6. The second-order valence-electron chi connectivity index (χ2n) is 32.4. The Kier molecular flexibility index (Phi) is 24.9. The second kappa shape index (κ2) is 29.2. The Labute approximate surface area is 516 Å². The molecular formula is C76H130O8. The molecule has 0 unspecified atom stereocenters. The van der Waals surface area contributed by atoms with E-state index in [1.54, 1.807) is 0 Å². The second-order valence-corrected chi connectivity index (χ2v) is 32.4. The summed E-state index contributed by atoms with van der Waals surface area (Å²) in [7, 11) is 0. The standard InChI is InChI=1S/C22H38O2.C21H36O2.C18H34O2.C15H22O2/c1-6-20(4,5)19(23)24-22(7-2,8-3)15-21-12-16-9-17(13-21)11-18(10-16)14-21;1-6-19(4,5)18(22)23-21(7-2,8-3)20-12-15-9-16(13-20)11-17(10-15)14-20;1-6-17(4,5)16(19)20-18(7-2,8-3)14-15-12-10-9-11-13-15;1-6-14(2,3)13(16)17-15(4,5)12-10-8-7-9-11-12/h16-18H,6-15H2,1-5H3;15-17H,6-14H2,1-5H3;15H,6-14H2,1-5H3;7-11H,6H2,1-5H3. The molecule has 10 rings (SSSR count). The molecule has 0 atom stereocenters. The molecule has 0 spiro atoms. The predicted molar refractivity (Wildman–Crippen MR) is 347 cm³/mol. The number of ether oxygens (including phenoxy) is 4. The zero-order valence-electron chi connectivity index (χ0n) is 58.2. The summed E-state index contributed by atoms with van der Waals surface area (Å²) in [5.74, 6) is 6.22. The van der Waals surface area contributed by atoms with Crippen molar-refractivity contribution < 1.29 is 38.1 Å². The lowest BCUT2D eigenvalue weighted by atomic mass is 9.44. The molecule has 1 aromatic carbocycles. The van der Waals surface area contributed by atoms with E-state index in [1.165, 1.54) is 109 Å². The monoisotopic (exact) mass is 1170 g/mol. The van der Waals surface area contributed by atoms with Crippen LogP contribution in [0.1, 0.15) is 330 Å². The van der Waals surface area contributed by atoms with Crippen molar-refractivity contribution in [2.75, 3.05) is 0 Å². The molecule has 0 aliphatic heterocycles. The quantitative estimate of drug-likeness (QED) is 0.0745. The van der Waals surface area contributed by atoms with Gasteiger partial charge in [-0.05, 0) is 276 Å². The smallest absolute Gasteiger partial charge is 0.312 e. The van der Waals surface area contributed by atoms with Gasteiger partial charge in [-0.1, -0.05) is 132 Å². The van der Waals surface area contributed by atoms with E-state index in [1.807, 2.05) is 106 Å². The first-order valence-electron chi connectivity index (χ1n) is 35.2. The van der Waals surface area contributed by atoms with Crippen LogP contribution in [0.25, 0.3) is 0 Å². The summed E-state index contributed by atoms with van der Waals surface area (Å²) in [6.45, 7) is 41.3. The Morgan fingerprint density at radius 1 is 0.405 bits per heavy atom. The Hall–Kier alpha value is -2.90. The lowest BCUT2D eigenvalue weighted by molar-refractivity contribution is -0.219. The molecule has 8 nitrogen and oxygen atoms in total. The van der Waals surface area contributed by atoms with Crippen molar-refractivity contribution >= 4 is 23.9 Å². The third-order valence-corrected chi connectivity index (χ3v) is 24.4. The minimum absolute atomic E-state index is 0.0124. The van der Waals surface area contributed by atoms with Gasteiger partial charge in [0.25, 0.3) is 0 Å². The molecule has 9 fully saturated rings. The largest absolute Gasteiger partial charge is 0.459 e. The Bertz CT molecular complexity index is 2160. The van der Waals surface area contributed by atoms with Crippen LogP contribution in [0.2, 0.25) is 0 Å². The topological polar surface area (TPSA) is 105 Å². The van der Waals surface area contributed by atoms with Crippen molar-refractivity contribution in [3.8, 4) is 0 Å². The van der Waals surface area contributed by atoms with Crippen molar-refractivity contribution in [3.05, 3.63) is 35.9 Å². The first-order valence-corrected chi connectivity index (χ1v) is 35.2. The van der Waals surface area contributed by atoms with Crippen molar-refractivity contribution in [2.24, 2.45) is 73.9 Å². The van der Waals surface area contributed by atoms with Crippen LogP contribution < -0.4 is 0 Å². The lowest BCUT2D eigenvalue weighted by Crippen LogP contribution is -2.60. The molecular weight excluding hydrogens is 1040 g/mol. The van der Waals surface area contributed by atoms with E-state index in [4.69, 9.17) is 18.9 Å². The van der Waals surface area contributed by atoms with Gasteiger partial charge in [-0.15, -0.1) is 0 Å². The number of benzene rings is 1. The van der Waals surface area contributed by atoms with E-state index in [0.29, 0.717) is 5.41 Å². The molecule has 8 bridgehead atoms. The molecule has 0 radical (unpaired) electrons. The van der Waals surface area contributed by atoms with Crippen LogP contribution >= 0.6 is 0 Å². The molecule has 9 aliphatic carbocycles. The summed E-state index contributed by atoms with van der Waals surface area (Å²) in [4.78, 5) is 50.2. The summed E-state index contributed by atoms with van der Waals surface area (Å²) in [5.41, 5.74) is -1.04. The van der Waals surface area contributed by atoms with E-state index in [-0.39, 0.29) is 62.3 Å². The molecule has 482 valence electrons. The lowest BCUT2D eigenvalue weighted by Gasteiger charge is -2.63. The molecule has 0 saturated heterocycles. The first-order chi connectivity index (χ1) is 39.2. The van der Waals surface area contributed by atoms with Crippen molar-refractivity contribution in [1.82, 2.24) is 0 Å². The van der Waals surface area contributed by atoms with Crippen LogP contribution in [0.5, 0.6) is 0 Å². The molecule has 0 heterocycles. The Balaban J connectivity index is 0.000000207. The predicted octanol–water partition coefficient (Wildman–Crippen LogP) is 21.3. The van der Waals surface area contributed by atoms with Crippen LogP contribution in [0.3, 0.4) is 0 Å². The number of carbonyl (C=O) groups excluding carboxylic acids is 4. The number of carbonyl (C=O) groups is 4. The van der Waals surface area contributed by atoms with E-state index in [9.17, 15) is 19.2 Å². The Morgan fingerprint density at radius 3 is 1.08 bits per heavy atom. The maximum absolute atomic E-state index is 12.9. The van der Waals surface area contributed by atoms with Gasteiger partial charge in [-0.25, -0.2) is 0 Å². The van der Waals surface area contributed by atoms with Crippen molar-refractivity contribution in [1.29, 1.82) is 0 Å². The highest BCUT2D eigenvalue weighted by Gasteiger charge is 2.62. The SMILES string of the molecule is CCC(C)(C)C(=O)OC(C)(C)c1ccccc1.CCC(C)(C)C(=O)OC(CC)(CC)C12CC3CC(CC(C3)C1)C2.CCC(CC)(CC12CC3CC(CC(C3)C1)C2)OC(=O)C(C)(C)CC.CCC(CC)(CC1CCCCC1)OC(=O)C(C)(C)CC. The first kappa shape index (κ1) is 71.8. The van der Waals surface area contributed by atoms with Gasteiger partial charge < -0.3 is 18.9 Å². The molecule has 0 aromatic heterocycles. The third-order valence-electron chi connectivity index (χ3n) is 24.4. The number of rotatable bonds is 24. The average molecular weight is 1170 g/mol. The normalized spacial score (nSPS) is 26.8. The third kappa shape index (κ3) is 17.3. The number of hydrogen-bond acceptors (Lipinski definition) is 8. The number of hydrogen-bond donors (Lipinski definition) is 0. The minimum atomic E-state index is -0.579. The van der Waals surface area contributed by atoms with Gasteiger partial charge in [0.15, 0.2) is 0 Å². The van der Waals surface area contributed by atoms with E-state index in [0.717, 1.165) is 124 Å². The van der Waals surface area contributed by atoms with E-state index < -0.39 is 11.0 Å².